The molecule has 15 heavy (non-hydrogen) atoms. The Morgan fingerprint density at radius 1 is 1.40 bits per heavy atom. The largest absolute Gasteiger partial charge is 0.506 e. The molecular weight excluding hydrogens is 345 g/mol. The maximum atomic E-state index is 9.78. The number of hydrogen-bond acceptors (Lipinski definition) is 2. The molecule has 0 amide bonds. The van der Waals surface area contributed by atoms with Gasteiger partial charge in [-0.15, -0.1) is 19.0 Å². The summed E-state index contributed by atoms with van der Waals surface area (Å²) in [5.74, 6) is 0.189. The molecule has 0 aliphatic heterocycles. The van der Waals surface area contributed by atoms with Crippen LogP contribution in [0.15, 0.2) is 33.7 Å². The number of benzene rings is 1. The second-order valence-electron chi connectivity index (χ2n) is 2.92. The van der Waals surface area contributed by atoms with Gasteiger partial charge in [-0.2, -0.15) is 0 Å². The Kier molecular flexibility index (Phi) is 6.52. The first-order chi connectivity index (χ1) is 6.57. The van der Waals surface area contributed by atoms with Crippen LogP contribution in [-0.2, 0) is 0 Å². The van der Waals surface area contributed by atoms with E-state index in [0.29, 0.717) is 16.5 Å². The molecule has 0 radical (unpaired) electrons. The Hall–Kier alpha value is -0.0300. The molecule has 0 saturated carbocycles. The summed E-state index contributed by atoms with van der Waals surface area (Å²) >= 11 is 6.60. The minimum Gasteiger partial charge on any atom is -0.506 e. The first-order valence-corrected chi connectivity index (χ1v) is 5.70. The molecule has 0 heterocycles. The number of phenols is 1. The topological polar surface area (TPSA) is 46.2 Å². The number of halogens is 3. The summed E-state index contributed by atoms with van der Waals surface area (Å²) in [7, 11) is 0. The third kappa shape index (κ3) is 3.48. The van der Waals surface area contributed by atoms with Crippen LogP contribution in [-0.4, -0.2) is 5.11 Å². The maximum Gasteiger partial charge on any atom is 0.135 e. The quantitative estimate of drug-likeness (QED) is 0.806. The van der Waals surface area contributed by atoms with Crippen LogP contribution in [0.4, 0.5) is 0 Å². The minimum atomic E-state index is -0.237. The number of rotatable bonds is 3. The molecule has 1 aromatic rings. The standard InChI is InChI=1S/C10H11Br2NO.ClH/c1-2-3-8(13)9-6(11)4-5-7(12)10(9)14;/h2,4-5,8,14H,1,3,13H2;1H/t8-;/m0./s1. The van der Waals surface area contributed by atoms with Gasteiger partial charge in [0.15, 0.2) is 0 Å². The van der Waals surface area contributed by atoms with Crippen molar-refractivity contribution in [3.8, 4) is 5.75 Å². The Labute approximate surface area is 112 Å². The number of hydrogen-bond donors (Lipinski definition) is 2. The summed E-state index contributed by atoms with van der Waals surface area (Å²) in [6, 6.07) is 3.38. The lowest BCUT2D eigenvalue weighted by atomic mass is 10.0. The van der Waals surface area contributed by atoms with Crippen LogP contribution in [0.5, 0.6) is 5.75 Å². The van der Waals surface area contributed by atoms with Crippen molar-refractivity contribution >= 4 is 44.3 Å². The summed E-state index contributed by atoms with van der Waals surface area (Å²) in [4.78, 5) is 0. The molecule has 0 fully saturated rings. The van der Waals surface area contributed by atoms with Crippen LogP contribution in [0, 0.1) is 0 Å². The molecule has 5 heteroatoms. The van der Waals surface area contributed by atoms with Gasteiger partial charge in [-0.1, -0.05) is 22.0 Å². The van der Waals surface area contributed by atoms with Crippen molar-refractivity contribution in [3.05, 3.63) is 39.3 Å². The molecule has 3 N–H and O–H groups in total. The average molecular weight is 357 g/mol. The zero-order chi connectivity index (χ0) is 10.7. The molecular formula is C10H12Br2ClNO. The van der Waals surface area contributed by atoms with Gasteiger partial charge >= 0.3 is 0 Å². The van der Waals surface area contributed by atoms with Crippen LogP contribution in [0.3, 0.4) is 0 Å². The number of aromatic hydroxyl groups is 1. The van der Waals surface area contributed by atoms with Gasteiger partial charge in [0.25, 0.3) is 0 Å². The van der Waals surface area contributed by atoms with Crippen LogP contribution in [0.25, 0.3) is 0 Å². The lowest BCUT2D eigenvalue weighted by Gasteiger charge is -2.14. The molecule has 84 valence electrons. The highest BCUT2D eigenvalue weighted by molar-refractivity contribution is 9.11. The maximum absolute atomic E-state index is 9.78. The highest BCUT2D eigenvalue weighted by atomic mass is 79.9. The molecule has 0 aliphatic rings. The van der Waals surface area contributed by atoms with Gasteiger partial charge in [0.2, 0.25) is 0 Å². The molecule has 1 aromatic carbocycles. The number of nitrogens with two attached hydrogens (primary N) is 1. The zero-order valence-corrected chi connectivity index (χ0v) is 11.9. The van der Waals surface area contributed by atoms with E-state index >= 15 is 0 Å². The molecule has 1 atom stereocenters. The monoisotopic (exact) mass is 355 g/mol. The van der Waals surface area contributed by atoms with Gasteiger partial charge in [0.1, 0.15) is 5.75 Å². The summed E-state index contributed by atoms with van der Waals surface area (Å²) in [5.41, 5.74) is 6.60. The van der Waals surface area contributed by atoms with E-state index in [0.717, 1.165) is 4.47 Å². The second kappa shape index (κ2) is 6.53. The third-order valence-corrected chi connectivity index (χ3v) is 3.24. The lowest BCUT2D eigenvalue weighted by molar-refractivity contribution is 0.457. The molecule has 0 unspecified atom stereocenters. The van der Waals surface area contributed by atoms with Crippen molar-refractivity contribution in [2.45, 2.75) is 12.5 Å². The molecule has 0 spiro atoms. The Balaban J connectivity index is 0.00000196. The van der Waals surface area contributed by atoms with Crippen LogP contribution in [0.2, 0.25) is 0 Å². The smallest absolute Gasteiger partial charge is 0.135 e. The van der Waals surface area contributed by atoms with Gasteiger partial charge in [-0.25, -0.2) is 0 Å². The van der Waals surface area contributed by atoms with Crippen molar-refractivity contribution in [3.63, 3.8) is 0 Å². The molecule has 1 rings (SSSR count). The van der Waals surface area contributed by atoms with Crippen molar-refractivity contribution in [2.75, 3.05) is 0 Å². The normalized spacial score (nSPS) is 11.7. The minimum absolute atomic E-state index is 0. The Morgan fingerprint density at radius 2 is 1.93 bits per heavy atom. The number of phenolic OH excluding ortho intramolecular Hbond substituents is 1. The lowest BCUT2D eigenvalue weighted by Crippen LogP contribution is -2.10. The highest BCUT2D eigenvalue weighted by Gasteiger charge is 2.15. The van der Waals surface area contributed by atoms with Crippen molar-refractivity contribution in [1.29, 1.82) is 0 Å². The molecule has 2 nitrogen and oxygen atoms in total. The van der Waals surface area contributed by atoms with Crippen LogP contribution < -0.4 is 5.73 Å². The second-order valence-corrected chi connectivity index (χ2v) is 4.63. The van der Waals surface area contributed by atoms with Gasteiger partial charge in [0, 0.05) is 16.1 Å². The van der Waals surface area contributed by atoms with Crippen molar-refractivity contribution in [2.24, 2.45) is 5.73 Å². The first kappa shape index (κ1) is 15.0. The molecule has 0 aromatic heterocycles. The molecule has 0 bridgehead atoms. The Bertz CT molecular complexity index is 358. The van der Waals surface area contributed by atoms with E-state index < -0.39 is 0 Å². The Morgan fingerprint density at radius 3 is 2.47 bits per heavy atom. The van der Waals surface area contributed by atoms with E-state index in [-0.39, 0.29) is 24.2 Å². The summed E-state index contributed by atoms with van der Waals surface area (Å²) in [6.07, 6.45) is 2.36. The van der Waals surface area contributed by atoms with E-state index in [4.69, 9.17) is 5.73 Å². The van der Waals surface area contributed by atoms with Crippen LogP contribution >= 0.6 is 44.3 Å². The van der Waals surface area contributed by atoms with E-state index in [9.17, 15) is 5.11 Å². The zero-order valence-electron chi connectivity index (χ0n) is 7.91. The van der Waals surface area contributed by atoms with E-state index in [1.54, 1.807) is 12.1 Å². The summed E-state index contributed by atoms with van der Waals surface area (Å²) < 4.78 is 1.46. The van der Waals surface area contributed by atoms with Gasteiger partial charge in [-0.3, -0.25) is 0 Å². The van der Waals surface area contributed by atoms with E-state index in [2.05, 4.69) is 38.4 Å². The van der Waals surface area contributed by atoms with Crippen molar-refractivity contribution in [1.82, 2.24) is 0 Å². The predicted octanol–water partition coefficient (Wildman–Crippen LogP) is 3.91. The van der Waals surface area contributed by atoms with E-state index in [1.807, 2.05) is 6.07 Å². The van der Waals surface area contributed by atoms with Gasteiger partial charge in [0.05, 0.1) is 4.47 Å². The molecule has 0 aliphatic carbocycles. The molecule has 0 saturated heterocycles. The average Bonchev–Trinajstić information content (AvgIpc) is 2.13. The fourth-order valence-electron chi connectivity index (χ4n) is 1.21. The van der Waals surface area contributed by atoms with Gasteiger partial charge in [-0.05, 0) is 34.5 Å². The fraction of sp³-hybridized carbons (Fsp3) is 0.200. The van der Waals surface area contributed by atoms with Gasteiger partial charge < -0.3 is 10.8 Å². The van der Waals surface area contributed by atoms with E-state index in [1.165, 1.54) is 0 Å². The van der Waals surface area contributed by atoms with Crippen molar-refractivity contribution < 1.29 is 5.11 Å². The summed E-state index contributed by atoms with van der Waals surface area (Å²) in [5, 5.41) is 9.78. The van der Waals surface area contributed by atoms with Crippen LogP contribution in [0.1, 0.15) is 18.0 Å². The first-order valence-electron chi connectivity index (χ1n) is 4.11. The highest BCUT2D eigenvalue weighted by Crippen LogP contribution is 2.37. The summed E-state index contributed by atoms with van der Waals surface area (Å²) in [6.45, 7) is 3.62. The fourth-order valence-corrected chi connectivity index (χ4v) is 2.17. The third-order valence-electron chi connectivity index (χ3n) is 1.91. The SMILES string of the molecule is C=CC[C@H](N)c1c(Br)ccc(Br)c1O.Cl. The predicted molar refractivity (Wildman–Crippen MR) is 72.5 cm³/mol.